The molecule has 0 saturated carbocycles. The molecule has 0 unspecified atom stereocenters. The van der Waals surface area contributed by atoms with Crippen LogP contribution in [0.25, 0.3) is 0 Å². The van der Waals surface area contributed by atoms with Crippen LogP contribution in [0, 0.1) is 0 Å². The topological polar surface area (TPSA) is 29.1 Å². The number of para-hydroxylation sites is 1. The first kappa shape index (κ1) is 15.8. The molecular weight excluding hydrogens is 326 g/mol. The molecule has 0 radical (unpaired) electrons. The standard InChI is InChI=1S/C18H20BrNO/c1-3-14-6-5-7-15(4-2)18(14)20-17(21)12-13-8-10-16(19)11-9-13/h5-11H,3-4,12H2,1-2H3,(H,20,21). The maximum Gasteiger partial charge on any atom is 0.228 e. The molecule has 110 valence electrons. The predicted octanol–water partition coefficient (Wildman–Crippen LogP) is 4.76. The molecule has 0 aromatic heterocycles. The van der Waals surface area contributed by atoms with Gasteiger partial charge in [0.2, 0.25) is 5.91 Å². The fraction of sp³-hybridized carbons (Fsp3) is 0.278. The Morgan fingerprint density at radius 2 is 1.57 bits per heavy atom. The summed E-state index contributed by atoms with van der Waals surface area (Å²) >= 11 is 3.40. The monoisotopic (exact) mass is 345 g/mol. The Hall–Kier alpha value is -1.61. The van der Waals surface area contributed by atoms with Crippen molar-refractivity contribution in [2.45, 2.75) is 33.1 Å². The van der Waals surface area contributed by atoms with Crippen molar-refractivity contribution in [1.82, 2.24) is 0 Å². The van der Waals surface area contributed by atoms with Crippen LogP contribution in [0.2, 0.25) is 0 Å². The lowest BCUT2D eigenvalue weighted by Crippen LogP contribution is -2.16. The number of halogens is 1. The number of rotatable bonds is 5. The third kappa shape index (κ3) is 4.18. The summed E-state index contributed by atoms with van der Waals surface area (Å²) in [5.41, 5.74) is 4.39. The number of carbonyl (C=O) groups excluding carboxylic acids is 1. The lowest BCUT2D eigenvalue weighted by atomic mass is 10.0. The summed E-state index contributed by atoms with van der Waals surface area (Å²) in [5, 5.41) is 3.09. The second-order valence-electron chi connectivity index (χ2n) is 5.01. The van der Waals surface area contributed by atoms with Crippen molar-refractivity contribution in [3.63, 3.8) is 0 Å². The molecule has 0 fully saturated rings. The van der Waals surface area contributed by atoms with E-state index in [1.54, 1.807) is 0 Å². The summed E-state index contributed by atoms with van der Waals surface area (Å²) < 4.78 is 1.02. The number of hydrogen-bond acceptors (Lipinski definition) is 1. The van der Waals surface area contributed by atoms with Gasteiger partial charge >= 0.3 is 0 Å². The van der Waals surface area contributed by atoms with Gasteiger partial charge in [-0.25, -0.2) is 0 Å². The first-order valence-electron chi connectivity index (χ1n) is 7.29. The molecule has 0 aliphatic rings. The molecule has 1 amide bonds. The Kier molecular flexibility index (Phi) is 5.57. The van der Waals surface area contributed by atoms with Crippen LogP contribution in [0.4, 0.5) is 5.69 Å². The average molecular weight is 346 g/mol. The maximum atomic E-state index is 12.3. The third-order valence-electron chi connectivity index (χ3n) is 3.54. The van der Waals surface area contributed by atoms with Gasteiger partial charge in [-0.05, 0) is 41.7 Å². The van der Waals surface area contributed by atoms with E-state index < -0.39 is 0 Å². The zero-order valence-corrected chi connectivity index (χ0v) is 14.0. The summed E-state index contributed by atoms with van der Waals surface area (Å²) in [6.07, 6.45) is 2.23. The second-order valence-corrected chi connectivity index (χ2v) is 5.93. The van der Waals surface area contributed by atoms with Crippen LogP contribution in [0.1, 0.15) is 30.5 Å². The van der Waals surface area contributed by atoms with Crippen LogP contribution < -0.4 is 5.32 Å². The molecule has 0 saturated heterocycles. The highest BCUT2D eigenvalue weighted by molar-refractivity contribution is 9.10. The van der Waals surface area contributed by atoms with Gasteiger partial charge in [0, 0.05) is 10.2 Å². The number of hydrogen-bond donors (Lipinski definition) is 1. The minimum atomic E-state index is 0.0351. The van der Waals surface area contributed by atoms with Crippen molar-refractivity contribution >= 4 is 27.5 Å². The summed E-state index contributed by atoms with van der Waals surface area (Å²) in [6.45, 7) is 4.22. The summed E-state index contributed by atoms with van der Waals surface area (Å²) in [5.74, 6) is 0.0351. The Morgan fingerprint density at radius 3 is 2.10 bits per heavy atom. The van der Waals surface area contributed by atoms with E-state index >= 15 is 0 Å². The predicted molar refractivity (Wildman–Crippen MR) is 91.7 cm³/mol. The Labute approximate surface area is 134 Å². The SMILES string of the molecule is CCc1cccc(CC)c1NC(=O)Cc1ccc(Br)cc1. The van der Waals surface area contributed by atoms with E-state index in [0.717, 1.165) is 28.6 Å². The zero-order valence-electron chi connectivity index (χ0n) is 12.4. The van der Waals surface area contributed by atoms with Crippen LogP contribution in [0.3, 0.4) is 0 Å². The van der Waals surface area contributed by atoms with Gasteiger partial charge in [0.15, 0.2) is 0 Å². The molecule has 3 heteroatoms. The number of anilines is 1. The number of amides is 1. The minimum absolute atomic E-state index is 0.0351. The normalized spacial score (nSPS) is 10.4. The lowest BCUT2D eigenvalue weighted by molar-refractivity contribution is -0.115. The molecule has 2 aromatic rings. The molecule has 0 atom stereocenters. The quantitative estimate of drug-likeness (QED) is 0.831. The zero-order chi connectivity index (χ0) is 15.2. The highest BCUT2D eigenvalue weighted by atomic mass is 79.9. The van der Waals surface area contributed by atoms with Crippen molar-refractivity contribution < 1.29 is 4.79 Å². The first-order chi connectivity index (χ1) is 10.1. The van der Waals surface area contributed by atoms with Crippen molar-refractivity contribution in [3.05, 3.63) is 63.6 Å². The largest absolute Gasteiger partial charge is 0.325 e. The van der Waals surface area contributed by atoms with Crippen LogP contribution in [-0.4, -0.2) is 5.91 Å². The van der Waals surface area contributed by atoms with Crippen LogP contribution in [0.15, 0.2) is 46.9 Å². The van der Waals surface area contributed by atoms with Crippen molar-refractivity contribution in [2.75, 3.05) is 5.32 Å². The molecule has 2 aromatic carbocycles. The Bertz CT molecular complexity index is 597. The summed E-state index contributed by atoms with van der Waals surface area (Å²) in [4.78, 5) is 12.3. The molecule has 0 aliphatic carbocycles. The van der Waals surface area contributed by atoms with Crippen molar-refractivity contribution in [3.8, 4) is 0 Å². The fourth-order valence-corrected chi connectivity index (χ4v) is 2.64. The van der Waals surface area contributed by atoms with Crippen LogP contribution >= 0.6 is 15.9 Å². The maximum absolute atomic E-state index is 12.3. The number of carbonyl (C=O) groups is 1. The van der Waals surface area contributed by atoms with E-state index in [1.807, 2.05) is 24.3 Å². The number of nitrogens with one attached hydrogen (secondary N) is 1. The molecule has 0 spiro atoms. The molecule has 0 heterocycles. The second kappa shape index (κ2) is 7.41. The van der Waals surface area contributed by atoms with Gasteiger partial charge in [0.05, 0.1) is 6.42 Å². The molecule has 1 N–H and O–H groups in total. The molecule has 21 heavy (non-hydrogen) atoms. The summed E-state index contributed by atoms with van der Waals surface area (Å²) in [6, 6.07) is 14.1. The van der Waals surface area contributed by atoms with E-state index in [4.69, 9.17) is 0 Å². The molecular formula is C18H20BrNO. The molecule has 2 rings (SSSR count). The molecule has 0 bridgehead atoms. The van der Waals surface area contributed by atoms with Gasteiger partial charge < -0.3 is 5.32 Å². The number of benzene rings is 2. The Morgan fingerprint density at radius 1 is 1.00 bits per heavy atom. The van der Waals surface area contributed by atoms with Gasteiger partial charge in [-0.15, -0.1) is 0 Å². The van der Waals surface area contributed by atoms with E-state index in [9.17, 15) is 4.79 Å². The van der Waals surface area contributed by atoms with Gasteiger partial charge in [0.1, 0.15) is 0 Å². The Balaban J connectivity index is 2.14. The fourth-order valence-electron chi connectivity index (χ4n) is 2.37. The van der Waals surface area contributed by atoms with Gasteiger partial charge in [-0.3, -0.25) is 4.79 Å². The molecule has 2 nitrogen and oxygen atoms in total. The summed E-state index contributed by atoms with van der Waals surface area (Å²) in [7, 11) is 0. The van der Waals surface area contributed by atoms with Crippen LogP contribution in [-0.2, 0) is 24.1 Å². The lowest BCUT2D eigenvalue weighted by Gasteiger charge is -2.14. The number of aryl methyl sites for hydroxylation is 2. The van der Waals surface area contributed by atoms with Crippen LogP contribution in [0.5, 0.6) is 0 Å². The van der Waals surface area contributed by atoms with Gasteiger partial charge in [-0.2, -0.15) is 0 Å². The smallest absolute Gasteiger partial charge is 0.228 e. The van der Waals surface area contributed by atoms with Gasteiger partial charge in [0.25, 0.3) is 0 Å². The first-order valence-corrected chi connectivity index (χ1v) is 8.08. The highest BCUT2D eigenvalue weighted by Crippen LogP contribution is 2.23. The minimum Gasteiger partial charge on any atom is -0.325 e. The van der Waals surface area contributed by atoms with Crippen molar-refractivity contribution in [1.29, 1.82) is 0 Å². The van der Waals surface area contributed by atoms with E-state index in [1.165, 1.54) is 11.1 Å². The third-order valence-corrected chi connectivity index (χ3v) is 4.07. The molecule has 0 aliphatic heterocycles. The van der Waals surface area contributed by atoms with E-state index in [-0.39, 0.29) is 5.91 Å². The van der Waals surface area contributed by atoms with Gasteiger partial charge in [-0.1, -0.05) is 60.1 Å². The highest BCUT2D eigenvalue weighted by Gasteiger charge is 2.10. The van der Waals surface area contributed by atoms with E-state index in [0.29, 0.717) is 6.42 Å². The van der Waals surface area contributed by atoms with E-state index in [2.05, 4.69) is 53.3 Å². The average Bonchev–Trinajstić information content (AvgIpc) is 2.49. The van der Waals surface area contributed by atoms with Crippen molar-refractivity contribution in [2.24, 2.45) is 0 Å².